The van der Waals surface area contributed by atoms with Gasteiger partial charge in [0.25, 0.3) is 0 Å². The number of rotatable bonds is 2. The highest BCUT2D eigenvalue weighted by Gasteiger charge is 2.55. The largest absolute Gasteiger partial charge is 0.353 e. The lowest BCUT2D eigenvalue weighted by Crippen LogP contribution is -2.34. The molecule has 15 heavy (non-hydrogen) atoms. The molecule has 2 atom stereocenters. The number of nitrogens with zero attached hydrogens (tertiary/aromatic N) is 1. The van der Waals surface area contributed by atoms with Crippen molar-refractivity contribution >= 4 is 5.91 Å². The van der Waals surface area contributed by atoms with Gasteiger partial charge in [0.2, 0.25) is 5.91 Å². The maximum atomic E-state index is 11.7. The molecule has 1 saturated heterocycles. The third-order valence-corrected chi connectivity index (χ3v) is 3.40. The second kappa shape index (κ2) is 3.48. The molecule has 2 unspecified atom stereocenters. The molecular formula is C12H22N2O. The van der Waals surface area contributed by atoms with Crippen molar-refractivity contribution < 1.29 is 4.79 Å². The minimum absolute atomic E-state index is 0.102. The Morgan fingerprint density at radius 2 is 1.87 bits per heavy atom. The van der Waals surface area contributed by atoms with Gasteiger partial charge < -0.3 is 10.2 Å². The molecule has 0 aromatic carbocycles. The van der Waals surface area contributed by atoms with E-state index < -0.39 is 0 Å². The Bertz CT molecular complexity index is 257. The van der Waals surface area contributed by atoms with Gasteiger partial charge in [-0.05, 0) is 24.3 Å². The van der Waals surface area contributed by atoms with Crippen LogP contribution in [0.3, 0.4) is 0 Å². The van der Waals surface area contributed by atoms with E-state index in [0.717, 1.165) is 24.9 Å². The SMILES string of the molecule is CN1CC2C(C1)C2NC(=O)CC(C)(C)C. The lowest BCUT2D eigenvalue weighted by atomic mass is 9.92. The molecule has 0 aromatic rings. The summed E-state index contributed by atoms with van der Waals surface area (Å²) in [4.78, 5) is 14.0. The molecule has 1 amide bonds. The van der Waals surface area contributed by atoms with Crippen LogP contribution in [0.5, 0.6) is 0 Å². The molecule has 0 bridgehead atoms. The number of fused-ring (bicyclic) bond motifs is 1. The highest BCUT2D eigenvalue weighted by atomic mass is 16.1. The summed E-state index contributed by atoms with van der Waals surface area (Å²) in [5.74, 6) is 1.70. The van der Waals surface area contributed by atoms with E-state index in [-0.39, 0.29) is 11.3 Å². The topological polar surface area (TPSA) is 32.3 Å². The Kier molecular flexibility index (Phi) is 2.53. The van der Waals surface area contributed by atoms with Crippen LogP contribution in [0.2, 0.25) is 0 Å². The van der Waals surface area contributed by atoms with Crippen molar-refractivity contribution in [3.8, 4) is 0 Å². The molecule has 2 fully saturated rings. The van der Waals surface area contributed by atoms with E-state index in [1.165, 1.54) is 0 Å². The molecular weight excluding hydrogens is 188 g/mol. The molecule has 3 heteroatoms. The van der Waals surface area contributed by atoms with E-state index in [1.807, 2.05) is 0 Å². The normalized spacial score (nSPS) is 35.1. The Labute approximate surface area is 92.2 Å². The first kappa shape index (κ1) is 10.9. The van der Waals surface area contributed by atoms with Gasteiger partial charge in [-0.1, -0.05) is 20.8 Å². The van der Waals surface area contributed by atoms with Crippen molar-refractivity contribution in [3.63, 3.8) is 0 Å². The fourth-order valence-electron chi connectivity index (χ4n) is 2.67. The van der Waals surface area contributed by atoms with Gasteiger partial charge in [-0.15, -0.1) is 0 Å². The summed E-state index contributed by atoms with van der Waals surface area (Å²) < 4.78 is 0. The van der Waals surface area contributed by atoms with Crippen molar-refractivity contribution in [2.24, 2.45) is 17.3 Å². The van der Waals surface area contributed by atoms with Crippen LogP contribution >= 0.6 is 0 Å². The summed E-state index contributed by atoms with van der Waals surface area (Å²) in [6, 6.07) is 0.482. The second-order valence-electron chi connectivity index (χ2n) is 6.38. The summed E-state index contributed by atoms with van der Waals surface area (Å²) >= 11 is 0. The number of hydrogen-bond donors (Lipinski definition) is 1. The summed E-state index contributed by atoms with van der Waals surface area (Å²) in [7, 11) is 2.15. The molecule has 3 nitrogen and oxygen atoms in total. The molecule has 2 aliphatic rings. The van der Waals surface area contributed by atoms with E-state index >= 15 is 0 Å². The van der Waals surface area contributed by atoms with Gasteiger partial charge in [0.1, 0.15) is 0 Å². The van der Waals surface area contributed by atoms with Crippen LogP contribution in [-0.2, 0) is 4.79 Å². The first-order valence-electron chi connectivity index (χ1n) is 5.85. The predicted octanol–water partition coefficient (Wildman–Crippen LogP) is 1.10. The summed E-state index contributed by atoms with van der Waals surface area (Å²) in [5.41, 5.74) is 0.102. The van der Waals surface area contributed by atoms with Crippen LogP contribution in [-0.4, -0.2) is 37.0 Å². The Balaban J connectivity index is 1.74. The van der Waals surface area contributed by atoms with Crippen molar-refractivity contribution in [3.05, 3.63) is 0 Å². The average Bonchev–Trinajstić information content (AvgIpc) is 2.54. The van der Waals surface area contributed by atoms with Crippen molar-refractivity contribution in [2.45, 2.75) is 33.2 Å². The number of hydrogen-bond acceptors (Lipinski definition) is 2. The van der Waals surface area contributed by atoms with E-state index in [9.17, 15) is 4.79 Å². The fourth-order valence-corrected chi connectivity index (χ4v) is 2.67. The van der Waals surface area contributed by atoms with Crippen LogP contribution in [0.1, 0.15) is 27.2 Å². The number of carbonyl (C=O) groups excluding carboxylic acids is 1. The van der Waals surface area contributed by atoms with Crippen LogP contribution in [0.15, 0.2) is 0 Å². The third-order valence-electron chi connectivity index (χ3n) is 3.40. The monoisotopic (exact) mass is 210 g/mol. The van der Waals surface area contributed by atoms with E-state index in [0.29, 0.717) is 12.5 Å². The average molecular weight is 210 g/mol. The predicted molar refractivity (Wildman–Crippen MR) is 60.5 cm³/mol. The Morgan fingerprint density at radius 3 is 2.33 bits per heavy atom. The molecule has 1 aliphatic carbocycles. The second-order valence-corrected chi connectivity index (χ2v) is 6.38. The van der Waals surface area contributed by atoms with Crippen LogP contribution in [0, 0.1) is 17.3 Å². The molecule has 0 radical (unpaired) electrons. The molecule has 1 saturated carbocycles. The van der Waals surface area contributed by atoms with Crippen LogP contribution in [0.4, 0.5) is 0 Å². The highest BCUT2D eigenvalue weighted by Crippen LogP contribution is 2.44. The minimum Gasteiger partial charge on any atom is -0.353 e. The van der Waals surface area contributed by atoms with E-state index in [2.05, 4.69) is 38.0 Å². The first-order chi connectivity index (χ1) is 6.87. The van der Waals surface area contributed by atoms with Crippen LogP contribution < -0.4 is 5.32 Å². The molecule has 86 valence electrons. The fraction of sp³-hybridized carbons (Fsp3) is 0.917. The Morgan fingerprint density at radius 1 is 1.33 bits per heavy atom. The molecule has 0 aromatic heterocycles. The van der Waals surface area contributed by atoms with Gasteiger partial charge >= 0.3 is 0 Å². The lowest BCUT2D eigenvalue weighted by molar-refractivity contribution is -0.123. The molecule has 1 heterocycles. The van der Waals surface area contributed by atoms with Gasteiger partial charge in [0.15, 0.2) is 0 Å². The summed E-state index contributed by atoms with van der Waals surface area (Å²) in [6.45, 7) is 8.63. The first-order valence-corrected chi connectivity index (χ1v) is 5.85. The summed E-state index contributed by atoms with van der Waals surface area (Å²) in [5, 5.41) is 3.17. The van der Waals surface area contributed by atoms with Crippen molar-refractivity contribution in [1.29, 1.82) is 0 Å². The van der Waals surface area contributed by atoms with Gasteiger partial charge in [0, 0.05) is 25.6 Å². The number of amides is 1. The number of carbonyl (C=O) groups is 1. The number of likely N-dealkylation sites (tertiary alicyclic amines) is 1. The van der Waals surface area contributed by atoms with Crippen molar-refractivity contribution in [2.75, 3.05) is 20.1 Å². The Hall–Kier alpha value is -0.570. The standard InChI is InChI=1S/C12H22N2O/c1-12(2,3)5-10(15)13-11-8-6-14(4)7-9(8)11/h8-9,11H,5-7H2,1-4H3,(H,13,15). The number of nitrogens with one attached hydrogen (secondary N) is 1. The zero-order chi connectivity index (χ0) is 11.2. The maximum Gasteiger partial charge on any atom is 0.220 e. The van der Waals surface area contributed by atoms with Gasteiger partial charge in [0.05, 0.1) is 0 Å². The zero-order valence-electron chi connectivity index (χ0n) is 10.2. The summed E-state index contributed by atoms with van der Waals surface area (Å²) in [6.07, 6.45) is 0.638. The van der Waals surface area contributed by atoms with Gasteiger partial charge in [-0.2, -0.15) is 0 Å². The maximum absolute atomic E-state index is 11.7. The smallest absolute Gasteiger partial charge is 0.220 e. The van der Waals surface area contributed by atoms with E-state index in [1.54, 1.807) is 0 Å². The van der Waals surface area contributed by atoms with Crippen molar-refractivity contribution in [1.82, 2.24) is 10.2 Å². The third kappa shape index (κ3) is 2.51. The lowest BCUT2D eigenvalue weighted by Gasteiger charge is -2.19. The molecule has 1 aliphatic heterocycles. The minimum atomic E-state index is 0.102. The number of piperidine rings is 1. The molecule has 0 spiro atoms. The zero-order valence-corrected chi connectivity index (χ0v) is 10.2. The van der Waals surface area contributed by atoms with Crippen LogP contribution in [0.25, 0.3) is 0 Å². The van der Waals surface area contributed by atoms with E-state index in [4.69, 9.17) is 0 Å². The molecule has 2 rings (SSSR count). The van der Waals surface area contributed by atoms with Gasteiger partial charge in [-0.3, -0.25) is 4.79 Å². The highest BCUT2D eigenvalue weighted by molar-refractivity contribution is 5.77. The molecule has 1 N–H and O–H groups in total. The quantitative estimate of drug-likeness (QED) is 0.740. The van der Waals surface area contributed by atoms with Gasteiger partial charge in [-0.25, -0.2) is 0 Å².